The van der Waals surface area contributed by atoms with Crippen molar-refractivity contribution in [1.29, 1.82) is 5.41 Å². The van der Waals surface area contributed by atoms with Crippen LogP contribution in [0.25, 0.3) is 0 Å². The minimum Gasteiger partial charge on any atom is -0.480 e. The van der Waals surface area contributed by atoms with Crippen LogP contribution in [-0.2, 0) is 4.74 Å². The highest BCUT2D eigenvalue weighted by Crippen LogP contribution is 1.94. The molecule has 1 aromatic rings. The first-order valence-electron chi connectivity index (χ1n) is 4.62. The molecule has 0 saturated carbocycles. The van der Waals surface area contributed by atoms with Crippen LogP contribution in [0, 0.1) is 5.41 Å². The van der Waals surface area contributed by atoms with Gasteiger partial charge in [0.25, 0.3) is 5.91 Å². The average molecular weight is 280 g/mol. The highest BCUT2D eigenvalue weighted by atomic mass is 35.5. The van der Waals surface area contributed by atoms with E-state index >= 15 is 0 Å². The van der Waals surface area contributed by atoms with Crippen molar-refractivity contribution < 1.29 is 9.53 Å². The smallest absolute Gasteiger partial charge is 0.253 e. The molecule has 7 heteroatoms. The second kappa shape index (κ2) is 9.86. The number of amides is 1. The summed E-state index contributed by atoms with van der Waals surface area (Å²) in [7, 11) is 0. The molecular weight excluding hydrogens is 265 g/mol. The van der Waals surface area contributed by atoms with E-state index in [0.717, 1.165) is 0 Å². The fourth-order valence-corrected chi connectivity index (χ4v) is 0.985. The number of halogens is 2. The number of rotatable bonds is 4. The first-order valence-corrected chi connectivity index (χ1v) is 4.62. The predicted molar refractivity (Wildman–Crippen MR) is 70.4 cm³/mol. The lowest BCUT2D eigenvalue weighted by atomic mass is 10.3. The van der Waals surface area contributed by atoms with Gasteiger partial charge >= 0.3 is 0 Å². The van der Waals surface area contributed by atoms with Crippen molar-refractivity contribution in [1.82, 2.24) is 10.3 Å². The van der Waals surface area contributed by atoms with Crippen LogP contribution in [-0.4, -0.2) is 29.9 Å². The molecule has 0 aliphatic carbocycles. The second-order valence-corrected chi connectivity index (χ2v) is 2.78. The number of nitrogens with zero attached hydrogens (tertiary/aromatic N) is 1. The molecule has 1 heterocycles. The number of aromatic nitrogens is 1. The van der Waals surface area contributed by atoms with Crippen LogP contribution < -0.4 is 5.32 Å². The van der Waals surface area contributed by atoms with Crippen LogP contribution in [0.2, 0.25) is 0 Å². The van der Waals surface area contributed by atoms with Crippen LogP contribution in [0.5, 0.6) is 0 Å². The second-order valence-electron chi connectivity index (χ2n) is 2.78. The zero-order chi connectivity index (χ0) is 11.1. The van der Waals surface area contributed by atoms with E-state index in [2.05, 4.69) is 10.3 Å². The molecule has 2 N–H and O–H groups in total. The zero-order valence-electron chi connectivity index (χ0n) is 9.30. The lowest BCUT2D eigenvalue weighted by Gasteiger charge is -2.06. The molecule has 0 aliphatic heterocycles. The summed E-state index contributed by atoms with van der Waals surface area (Å²) in [6, 6.07) is 3.34. The third-order valence-corrected chi connectivity index (χ3v) is 1.65. The normalized spacial score (nSPS) is 8.29. The van der Waals surface area contributed by atoms with Crippen LogP contribution in [0.4, 0.5) is 0 Å². The molecule has 17 heavy (non-hydrogen) atoms. The third-order valence-electron chi connectivity index (χ3n) is 1.65. The van der Waals surface area contributed by atoms with Crippen molar-refractivity contribution in [3.63, 3.8) is 0 Å². The van der Waals surface area contributed by atoms with E-state index in [9.17, 15) is 4.79 Å². The topological polar surface area (TPSA) is 75.1 Å². The van der Waals surface area contributed by atoms with Crippen molar-refractivity contribution in [3.05, 3.63) is 30.1 Å². The van der Waals surface area contributed by atoms with Crippen LogP contribution in [0.15, 0.2) is 24.5 Å². The summed E-state index contributed by atoms with van der Waals surface area (Å²) < 4.78 is 4.88. The highest BCUT2D eigenvalue weighted by molar-refractivity contribution is 5.95. The van der Waals surface area contributed by atoms with Gasteiger partial charge in [-0.1, -0.05) is 0 Å². The fraction of sp³-hybridized carbons (Fsp3) is 0.300. The van der Waals surface area contributed by atoms with Gasteiger partial charge in [0.2, 0.25) is 0 Å². The molecule has 0 radical (unpaired) electrons. The lowest BCUT2D eigenvalue weighted by Crippen LogP contribution is -2.30. The summed E-state index contributed by atoms with van der Waals surface area (Å²) >= 11 is 0. The molecule has 96 valence electrons. The molecule has 0 saturated heterocycles. The maximum absolute atomic E-state index is 11.5. The summed E-state index contributed by atoms with van der Waals surface area (Å²) in [6.07, 6.45) is 3.07. The first-order chi connectivity index (χ1) is 7.24. The van der Waals surface area contributed by atoms with Crippen LogP contribution in [0.3, 0.4) is 0 Å². The fourth-order valence-electron chi connectivity index (χ4n) is 0.985. The van der Waals surface area contributed by atoms with Gasteiger partial charge in [-0.05, 0) is 19.1 Å². The van der Waals surface area contributed by atoms with Gasteiger partial charge in [0, 0.05) is 12.4 Å². The Labute approximate surface area is 112 Å². The van der Waals surface area contributed by atoms with E-state index in [4.69, 9.17) is 10.1 Å². The Morgan fingerprint density at radius 3 is 2.76 bits per heavy atom. The van der Waals surface area contributed by atoms with E-state index in [0.29, 0.717) is 12.2 Å². The van der Waals surface area contributed by atoms with E-state index < -0.39 is 0 Å². The summed E-state index contributed by atoms with van der Waals surface area (Å²) in [5.74, 6) is -0.206. The maximum atomic E-state index is 11.5. The molecule has 0 fully saturated rings. The number of nitrogens with one attached hydrogen (secondary N) is 2. The maximum Gasteiger partial charge on any atom is 0.253 e. The first kappa shape index (κ1) is 18.0. The molecule has 0 unspecified atom stereocenters. The van der Waals surface area contributed by atoms with Crippen molar-refractivity contribution in [2.45, 2.75) is 6.92 Å². The Morgan fingerprint density at radius 1 is 1.53 bits per heavy atom. The molecule has 5 nitrogen and oxygen atoms in total. The molecule has 1 amide bonds. The molecule has 1 rings (SSSR count). The van der Waals surface area contributed by atoms with E-state index in [1.807, 2.05) is 0 Å². The number of hydrogen-bond acceptors (Lipinski definition) is 4. The number of carbonyl (C=O) groups excluding carboxylic acids is 1. The SMILES string of the molecule is CCOC(=N)CNC(=O)c1cccnc1.Cl.Cl. The Kier molecular flexibility index (Phi) is 10.5. The zero-order valence-corrected chi connectivity index (χ0v) is 10.9. The number of carbonyl (C=O) groups is 1. The van der Waals surface area contributed by atoms with Gasteiger partial charge < -0.3 is 10.1 Å². The molecule has 1 aromatic heterocycles. The van der Waals surface area contributed by atoms with Crippen molar-refractivity contribution >= 4 is 36.6 Å². The Balaban J connectivity index is 0. The van der Waals surface area contributed by atoms with Gasteiger partial charge in [0.1, 0.15) is 0 Å². The van der Waals surface area contributed by atoms with Gasteiger partial charge in [-0.25, -0.2) is 0 Å². The standard InChI is InChI=1S/C10H13N3O2.2ClH/c1-2-15-9(11)7-13-10(14)8-4-3-5-12-6-8;;/h3-6,11H,2,7H2,1H3,(H,13,14);2*1H. The minimum atomic E-state index is -0.257. The molecule has 0 spiro atoms. The summed E-state index contributed by atoms with van der Waals surface area (Å²) in [6.45, 7) is 2.32. The summed E-state index contributed by atoms with van der Waals surface area (Å²) in [4.78, 5) is 15.3. The van der Waals surface area contributed by atoms with Gasteiger partial charge in [0.15, 0.2) is 5.90 Å². The predicted octanol–water partition coefficient (Wildman–Crippen LogP) is 1.67. The Morgan fingerprint density at radius 2 is 2.24 bits per heavy atom. The Hall–Kier alpha value is -1.33. The number of ether oxygens (including phenoxy) is 1. The van der Waals surface area contributed by atoms with Gasteiger partial charge in [-0.3, -0.25) is 15.2 Å². The van der Waals surface area contributed by atoms with Gasteiger partial charge in [0.05, 0.1) is 18.7 Å². The highest BCUT2D eigenvalue weighted by Gasteiger charge is 2.05. The third kappa shape index (κ3) is 6.76. The largest absolute Gasteiger partial charge is 0.480 e. The van der Waals surface area contributed by atoms with Crippen molar-refractivity contribution in [2.24, 2.45) is 0 Å². The molecule has 0 atom stereocenters. The number of pyridine rings is 1. The quantitative estimate of drug-likeness (QED) is 0.650. The minimum absolute atomic E-state index is 0. The number of hydrogen-bond donors (Lipinski definition) is 2. The van der Waals surface area contributed by atoms with Gasteiger partial charge in [-0.15, -0.1) is 24.8 Å². The van der Waals surface area contributed by atoms with E-state index in [1.54, 1.807) is 25.3 Å². The molecular formula is C10H15Cl2N3O2. The average Bonchev–Trinajstić information content (AvgIpc) is 2.27. The molecule has 0 aliphatic rings. The Bertz CT molecular complexity index is 347. The monoisotopic (exact) mass is 279 g/mol. The lowest BCUT2D eigenvalue weighted by molar-refractivity contribution is 0.0956. The summed E-state index contributed by atoms with van der Waals surface area (Å²) in [5.41, 5.74) is 0.474. The summed E-state index contributed by atoms with van der Waals surface area (Å²) in [5, 5.41) is 9.85. The molecule has 0 aromatic carbocycles. The van der Waals surface area contributed by atoms with Crippen LogP contribution in [0.1, 0.15) is 17.3 Å². The van der Waals surface area contributed by atoms with Crippen molar-refractivity contribution in [2.75, 3.05) is 13.2 Å². The van der Waals surface area contributed by atoms with Crippen LogP contribution >= 0.6 is 24.8 Å². The van der Waals surface area contributed by atoms with Gasteiger partial charge in [-0.2, -0.15) is 0 Å². The van der Waals surface area contributed by atoms with E-state index in [1.165, 1.54) is 6.20 Å². The molecule has 0 bridgehead atoms. The van der Waals surface area contributed by atoms with E-state index in [-0.39, 0.29) is 43.2 Å². The van der Waals surface area contributed by atoms with Crippen molar-refractivity contribution in [3.8, 4) is 0 Å².